The number of rotatable bonds is 25. The Kier molecular flexibility index (Phi) is 18.6. The highest BCUT2D eigenvalue weighted by molar-refractivity contribution is 5.90. The summed E-state index contributed by atoms with van der Waals surface area (Å²) in [7, 11) is 0. The molecule has 8 heteroatoms. The van der Waals surface area contributed by atoms with Crippen molar-refractivity contribution in [1.82, 2.24) is 0 Å². The van der Waals surface area contributed by atoms with Crippen molar-refractivity contribution in [2.24, 2.45) is 0 Å². The molecule has 2 fully saturated rings. The van der Waals surface area contributed by atoms with Crippen molar-refractivity contribution in [3.63, 3.8) is 0 Å². The summed E-state index contributed by atoms with van der Waals surface area (Å²) in [6.07, 6.45) is 21.9. The highest BCUT2D eigenvalue weighted by atomic mass is 16.6. The second kappa shape index (κ2) is 21.8. The van der Waals surface area contributed by atoms with Crippen molar-refractivity contribution in [3.05, 3.63) is 11.6 Å². The maximum atomic E-state index is 11.6. The number of carbonyl (C=O) groups excluding carboxylic acids is 1. The average molecular weight is 639 g/mol. The van der Waals surface area contributed by atoms with Crippen LogP contribution >= 0.6 is 0 Å². The van der Waals surface area contributed by atoms with Crippen molar-refractivity contribution in [2.45, 2.75) is 216 Å². The molecule has 0 radical (unpaired) electrons. The zero-order chi connectivity index (χ0) is 32.4. The molecule has 0 amide bonds. The van der Waals surface area contributed by atoms with E-state index in [1.54, 1.807) is 0 Å². The van der Waals surface area contributed by atoms with Crippen LogP contribution in [0.4, 0.5) is 0 Å². The summed E-state index contributed by atoms with van der Waals surface area (Å²) in [5, 5.41) is 41.5. The maximum absolute atomic E-state index is 11.6. The van der Waals surface area contributed by atoms with Gasteiger partial charge in [0, 0.05) is 5.57 Å². The molecule has 2 saturated heterocycles. The van der Waals surface area contributed by atoms with Gasteiger partial charge in [-0.2, -0.15) is 0 Å². The lowest BCUT2D eigenvalue weighted by Gasteiger charge is -2.24. The minimum Gasteiger partial charge on any atom is -0.455 e. The van der Waals surface area contributed by atoms with Gasteiger partial charge < -0.3 is 34.6 Å². The summed E-state index contributed by atoms with van der Waals surface area (Å²) < 4.78 is 17.6. The molecular weight excluding hydrogens is 572 g/mol. The normalized spacial score (nSPS) is 27.8. The zero-order valence-corrected chi connectivity index (χ0v) is 28.5. The molecule has 3 aliphatic rings. The topological polar surface area (TPSA) is 126 Å². The van der Waals surface area contributed by atoms with E-state index in [1.165, 1.54) is 51.4 Å². The highest BCUT2D eigenvalue weighted by Crippen LogP contribution is 2.34. The van der Waals surface area contributed by atoms with Gasteiger partial charge in [0.1, 0.15) is 6.10 Å². The second-order valence-corrected chi connectivity index (χ2v) is 14.2. The molecular formula is C37H66O8. The number of unbranched alkanes of at least 4 members (excludes halogenated alkanes) is 10. The summed E-state index contributed by atoms with van der Waals surface area (Å²) in [6.45, 7) is 3.95. The quantitative estimate of drug-likeness (QED) is 0.0634. The SMILES string of the molecule is CCC[C@H](O)CC[C@H](O)CC[C@H](O)[C@@H]1CC[C@H]([C@H]2CC[C@@H]([C@H](O)CCCCCCCCCCCCCC3=C[C@@H](C)OC3=O)O2)O1. The van der Waals surface area contributed by atoms with Gasteiger partial charge >= 0.3 is 5.97 Å². The Hall–Kier alpha value is -1.03. The molecule has 0 aromatic rings. The lowest BCUT2D eigenvalue weighted by molar-refractivity contribution is -0.139. The molecule has 0 aromatic carbocycles. The molecule has 262 valence electrons. The summed E-state index contributed by atoms with van der Waals surface area (Å²) in [5.74, 6) is -0.125. The van der Waals surface area contributed by atoms with Crippen molar-refractivity contribution in [2.75, 3.05) is 0 Å². The summed E-state index contributed by atoms with van der Waals surface area (Å²) in [6, 6.07) is 0. The first-order valence-corrected chi connectivity index (χ1v) is 18.7. The fraction of sp³-hybridized carbons (Fsp3) is 0.919. The smallest absolute Gasteiger partial charge is 0.334 e. The predicted octanol–water partition coefficient (Wildman–Crippen LogP) is 6.83. The molecule has 3 heterocycles. The molecule has 0 spiro atoms. The third kappa shape index (κ3) is 14.7. The summed E-state index contributed by atoms with van der Waals surface area (Å²) >= 11 is 0. The van der Waals surface area contributed by atoms with Crippen LogP contribution in [0.2, 0.25) is 0 Å². The van der Waals surface area contributed by atoms with Crippen LogP contribution in [0.3, 0.4) is 0 Å². The maximum Gasteiger partial charge on any atom is 0.334 e. The number of carbonyl (C=O) groups is 1. The fourth-order valence-corrected chi connectivity index (χ4v) is 7.31. The van der Waals surface area contributed by atoms with Crippen molar-refractivity contribution >= 4 is 5.97 Å². The molecule has 3 rings (SSSR count). The van der Waals surface area contributed by atoms with Gasteiger partial charge in [0.15, 0.2) is 0 Å². The average Bonchev–Trinajstić information content (AvgIpc) is 3.77. The van der Waals surface area contributed by atoms with Crippen molar-refractivity contribution < 1.29 is 39.4 Å². The Balaban J connectivity index is 1.13. The van der Waals surface area contributed by atoms with Crippen LogP contribution in [0, 0.1) is 0 Å². The van der Waals surface area contributed by atoms with Crippen molar-refractivity contribution in [1.29, 1.82) is 0 Å². The lowest BCUT2D eigenvalue weighted by Crippen LogP contribution is -2.33. The van der Waals surface area contributed by atoms with Crippen LogP contribution in [0.25, 0.3) is 0 Å². The molecule has 0 saturated carbocycles. The Morgan fingerprint density at radius 3 is 1.62 bits per heavy atom. The number of aliphatic hydroxyl groups excluding tert-OH is 4. The molecule has 0 aliphatic carbocycles. The Labute approximate surface area is 273 Å². The summed E-state index contributed by atoms with van der Waals surface area (Å²) in [5.41, 5.74) is 0.862. The number of esters is 1. The minimum atomic E-state index is -0.600. The van der Waals surface area contributed by atoms with E-state index in [4.69, 9.17) is 14.2 Å². The second-order valence-electron chi connectivity index (χ2n) is 14.2. The van der Waals surface area contributed by atoms with Gasteiger partial charge in [0.2, 0.25) is 0 Å². The van der Waals surface area contributed by atoms with Crippen LogP contribution in [0.5, 0.6) is 0 Å². The Morgan fingerprint density at radius 1 is 0.644 bits per heavy atom. The fourth-order valence-electron chi connectivity index (χ4n) is 7.31. The van der Waals surface area contributed by atoms with E-state index in [0.717, 1.165) is 76.2 Å². The van der Waals surface area contributed by atoms with E-state index in [9.17, 15) is 25.2 Å². The van der Waals surface area contributed by atoms with Crippen LogP contribution in [0.15, 0.2) is 11.6 Å². The first-order chi connectivity index (χ1) is 21.8. The number of ether oxygens (including phenoxy) is 3. The molecule has 45 heavy (non-hydrogen) atoms. The molecule has 8 nitrogen and oxygen atoms in total. The van der Waals surface area contributed by atoms with Crippen LogP contribution in [0.1, 0.15) is 162 Å². The van der Waals surface area contributed by atoms with Gasteiger partial charge in [0.05, 0.1) is 48.8 Å². The molecule has 0 aromatic heterocycles. The third-order valence-electron chi connectivity index (χ3n) is 10.1. The van der Waals surface area contributed by atoms with Crippen LogP contribution in [-0.2, 0) is 19.0 Å². The number of hydrogen-bond donors (Lipinski definition) is 4. The van der Waals surface area contributed by atoms with Crippen molar-refractivity contribution in [3.8, 4) is 0 Å². The van der Waals surface area contributed by atoms with E-state index >= 15 is 0 Å². The van der Waals surface area contributed by atoms with E-state index in [2.05, 4.69) is 0 Å². The molecule has 9 atom stereocenters. The number of hydrogen-bond acceptors (Lipinski definition) is 8. The number of aliphatic hydroxyl groups is 4. The predicted molar refractivity (Wildman–Crippen MR) is 177 cm³/mol. The van der Waals surface area contributed by atoms with Gasteiger partial charge in [-0.3, -0.25) is 0 Å². The molecule has 0 unspecified atom stereocenters. The highest BCUT2D eigenvalue weighted by Gasteiger charge is 2.40. The monoisotopic (exact) mass is 638 g/mol. The van der Waals surface area contributed by atoms with E-state index in [1.807, 2.05) is 19.9 Å². The van der Waals surface area contributed by atoms with E-state index in [0.29, 0.717) is 25.7 Å². The van der Waals surface area contributed by atoms with E-state index in [-0.39, 0.29) is 42.6 Å². The zero-order valence-electron chi connectivity index (χ0n) is 28.5. The van der Waals surface area contributed by atoms with Gasteiger partial charge in [-0.1, -0.05) is 77.6 Å². The summed E-state index contributed by atoms with van der Waals surface area (Å²) in [4.78, 5) is 11.6. The molecule has 3 aliphatic heterocycles. The first kappa shape index (κ1) is 38.4. The largest absolute Gasteiger partial charge is 0.455 e. The van der Waals surface area contributed by atoms with Gasteiger partial charge in [0.25, 0.3) is 0 Å². The minimum absolute atomic E-state index is 0.0141. The first-order valence-electron chi connectivity index (χ1n) is 18.7. The van der Waals surface area contributed by atoms with E-state index < -0.39 is 18.3 Å². The Morgan fingerprint density at radius 2 is 1.11 bits per heavy atom. The molecule has 4 N–H and O–H groups in total. The van der Waals surface area contributed by atoms with Crippen LogP contribution in [-0.4, -0.2) is 81.3 Å². The standard InChI is InChI=1S/C37H66O8/c1-3-15-29(38)18-19-30(39)20-21-32(41)34-23-25-36(45-34)35-24-22-33(44-35)31(40)17-14-12-10-8-6-4-5-7-9-11-13-16-28-26-27(2)43-37(28)42/h26-27,29-36,38-41H,3-25H2,1-2H3/t27-,29+,30+,31-,32+,33+,34+,35-,36-/m1/s1. The lowest BCUT2D eigenvalue weighted by atomic mass is 9.99. The van der Waals surface area contributed by atoms with Gasteiger partial charge in [-0.25, -0.2) is 4.79 Å². The van der Waals surface area contributed by atoms with Gasteiger partial charge in [-0.05, 0) is 90.0 Å². The number of cyclic esters (lactones) is 1. The van der Waals surface area contributed by atoms with Gasteiger partial charge in [-0.15, -0.1) is 0 Å². The Bertz CT molecular complexity index is 833. The van der Waals surface area contributed by atoms with Crippen LogP contribution < -0.4 is 0 Å². The third-order valence-corrected chi connectivity index (χ3v) is 10.1. The molecule has 0 bridgehead atoms.